The van der Waals surface area contributed by atoms with Crippen LogP contribution in [0, 0.1) is 36.5 Å². The Balaban J connectivity index is 1.42. The topological polar surface area (TPSA) is 105 Å². The second-order valence-corrected chi connectivity index (χ2v) is 9.39. The van der Waals surface area contributed by atoms with E-state index < -0.39 is 17.9 Å². The van der Waals surface area contributed by atoms with Gasteiger partial charge in [-0.3, -0.25) is 14.8 Å². The Morgan fingerprint density at radius 2 is 1.87 bits per heavy atom. The number of nitrogens with zero attached hydrogens (tertiary/aromatic N) is 2. The van der Waals surface area contributed by atoms with Crippen LogP contribution in [0.3, 0.4) is 0 Å². The highest BCUT2D eigenvalue weighted by atomic mass is 16.5. The number of nitriles is 1. The summed E-state index contributed by atoms with van der Waals surface area (Å²) in [6, 6.07) is 5.91. The summed E-state index contributed by atoms with van der Waals surface area (Å²) in [5.41, 5.74) is 5.89. The van der Waals surface area contributed by atoms with E-state index in [0.29, 0.717) is 25.4 Å². The molecule has 7 nitrogen and oxygen atoms in total. The normalized spacial score (nSPS) is 25.6. The molecule has 160 valence electrons. The Kier molecular flexibility index (Phi) is 5.56. The van der Waals surface area contributed by atoms with Crippen LogP contribution < -0.4 is 10.8 Å². The van der Waals surface area contributed by atoms with Gasteiger partial charge in [-0.1, -0.05) is 12.1 Å². The van der Waals surface area contributed by atoms with Gasteiger partial charge < -0.3 is 10.2 Å². The minimum absolute atomic E-state index is 0.0373. The number of piperidine rings is 2. The molecule has 2 atom stereocenters. The Hall–Kier alpha value is -2.43. The number of aryl methyl sites for hydroxylation is 2. The standard InChI is InChI=1S/C23H30N4O3/c1-14-9-17(10-15(2)19(14)12-24)16-3-7-27(8-4-16)22(29)20-18(21(28)26-30)11-23(5-6-23)13-25-20/h9-10,16,18,20,25,30H,3-8,11,13H2,1-2H3,(H,26,28). The predicted molar refractivity (Wildman–Crippen MR) is 111 cm³/mol. The van der Waals surface area contributed by atoms with Gasteiger partial charge in [0, 0.05) is 19.6 Å². The van der Waals surface area contributed by atoms with E-state index in [4.69, 9.17) is 5.21 Å². The summed E-state index contributed by atoms with van der Waals surface area (Å²) in [6.07, 6.45) is 4.53. The van der Waals surface area contributed by atoms with E-state index in [-0.39, 0.29) is 11.3 Å². The Morgan fingerprint density at radius 3 is 2.40 bits per heavy atom. The first-order chi connectivity index (χ1) is 14.4. The molecule has 3 N–H and O–H groups in total. The van der Waals surface area contributed by atoms with Gasteiger partial charge in [-0.05, 0) is 74.0 Å². The smallest absolute Gasteiger partial charge is 0.248 e. The maximum atomic E-state index is 13.2. The summed E-state index contributed by atoms with van der Waals surface area (Å²) in [5, 5.41) is 21.8. The highest BCUT2D eigenvalue weighted by Gasteiger charge is 2.52. The van der Waals surface area contributed by atoms with E-state index in [2.05, 4.69) is 23.5 Å². The Labute approximate surface area is 177 Å². The molecule has 1 spiro atoms. The molecule has 1 aromatic carbocycles. The van der Waals surface area contributed by atoms with Crippen molar-refractivity contribution in [1.29, 1.82) is 5.26 Å². The van der Waals surface area contributed by atoms with Crippen LogP contribution in [-0.2, 0) is 9.59 Å². The molecule has 3 fully saturated rings. The molecule has 30 heavy (non-hydrogen) atoms. The molecule has 4 rings (SSSR count). The molecular weight excluding hydrogens is 380 g/mol. The third kappa shape index (κ3) is 3.82. The van der Waals surface area contributed by atoms with Crippen molar-refractivity contribution < 1.29 is 14.8 Å². The van der Waals surface area contributed by atoms with Crippen molar-refractivity contribution >= 4 is 11.8 Å². The summed E-state index contributed by atoms with van der Waals surface area (Å²) in [5.74, 6) is -0.667. The van der Waals surface area contributed by atoms with Crippen molar-refractivity contribution in [3.8, 4) is 6.07 Å². The third-order valence-corrected chi connectivity index (χ3v) is 7.37. The van der Waals surface area contributed by atoms with Crippen LogP contribution in [0.2, 0.25) is 0 Å². The van der Waals surface area contributed by atoms with Crippen molar-refractivity contribution in [2.45, 2.75) is 57.9 Å². The number of carbonyl (C=O) groups excluding carboxylic acids is 2. The maximum absolute atomic E-state index is 13.2. The third-order valence-electron chi connectivity index (χ3n) is 7.37. The molecule has 2 saturated heterocycles. The van der Waals surface area contributed by atoms with E-state index >= 15 is 0 Å². The number of carbonyl (C=O) groups is 2. The number of nitrogens with one attached hydrogen (secondary N) is 2. The van der Waals surface area contributed by atoms with E-state index in [1.165, 1.54) is 5.56 Å². The number of amides is 2. The zero-order valence-corrected chi connectivity index (χ0v) is 17.7. The molecule has 2 amide bonds. The number of hydrogen-bond acceptors (Lipinski definition) is 5. The molecule has 1 aromatic rings. The van der Waals surface area contributed by atoms with E-state index in [9.17, 15) is 14.9 Å². The molecule has 0 radical (unpaired) electrons. The zero-order chi connectivity index (χ0) is 21.5. The zero-order valence-electron chi connectivity index (χ0n) is 17.7. The first kappa shape index (κ1) is 20.8. The summed E-state index contributed by atoms with van der Waals surface area (Å²) < 4.78 is 0. The largest absolute Gasteiger partial charge is 0.341 e. The predicted octanol–water partition coefficient (Wildman–Crippen LogP) is 2.14. The number of hydrogen-bond donors (Lipinski definition) is 3. The second kappa shape index (κ2) is 8.01. The van der Waals surface area contributed by atoms with Crippen LogP contribution in [0.15, 0.2) is 12.1 Å². The number of likely N-dealkylation sites (tertiary alicyclic amines) is 1. The van der Waals surface area contributed by atoms with Crippen molar-refractivity contribution in [3.05, 3.63) is 34.4 Å². The van der Waals surface area contributed by atoms with Crippen LogP contribution in [0.4, 0.5) is 0 Å². The first-order valence-corrected chi connectivity index (χ1v) is 10.8. The SMILES string of the molecule is Cc1cc(C2CCN(C(=O)C3NCC4(CC4)CC3C(=O)NO)CC2)cc(C)c1C#N. The second-order valence-electron chi connectivity index (χ2n) is 9.39. The van der Waals surface area contributed by atoms with Crippen molar-refractivity contribution in [1.82, 2.24) is 15.7 Å². The lowest BCUT2D eigenvalue weighted by atomic mass is 9.80. The first-order valence-electron chi connectivity index (χ1n) is 10.8. The van der Waals surface area contributed by atoms with Gasteiger partial charge in [-0.25, -0.2) is 5.48 Å². The van der Waals surface area contributed by atoms with Crippen LogP contribution in [-0.4, -0.2) is 47.6 Å². The molecule has 1 aliphatic carbocycles. The van der Waals surface area contributed by atoms with Crippen molar-refractivity contribution in [3.63, 3.8) is 0 Å². The molecule has 3 aliphatic rings. The summed E-state index contributed by atoms with van der Waals surface area (Å²) >= 11 is 0. The van der Waals surface area contributed by atoms with Gasteiger partial charge in [-0.2, -0.15) is 5.26 Å². The van der Waals surface area contributed by atoms with Crippen LogP contribution >= 0.6 is 0 Å². The lowest BCUT2D eigenvalue weighted by molar-refractivity contribution is -0.145. The van der Waals surface area contributed by atoms with Crippen molar-refractivity contribution in [2.24, 2.45) is 11.3 Å². The fourth-order valence-electron chi connectivity index (χ4n) is 5.31. The minimum atomic E-state index is -0.570. The van der Waals surface area contributed by atoms with Gasteiger partial charge >= 0.3 is 0 Å². The maximum Gasteiger partial charge on any atom is 0.248 e. The monoisotopic (exact) mass is 410 g/mol. The summed E-state index contributed by atoms with van der Waals surface area (Å²) in [7, 11) is 0. The van der Waals surface area contributed by atoms with Crippen LogP contribution in [0.25, 0.3) is 0 Å². The minimum Gasteiger partial charge on any atom is -0.341 e. The van der Waals surface area contributed by atoms with Gasteiger partial charge in [0.25, 0.3) is 0 Å². The molecule has 1 saturated carbocycles. The lowest BCUT2D eigenvalue weighted by Crippen LogP contribution is -2.59. The fourth-order valence-corrected chi connectivity index (χ4v) is 5.31. The molecule has 0 aromatic heterocycles. The summed E-state index contributed by atoms with van der Waals surface area (Å²) in [4.78, 5) is 27.3. The molecular formula is C23H30N4O3. The Bertz CT molecular complexity index is 871. The average molecular weight is 411 g/mol. The van der Waals surface area contributed by atoms with E-state index in [1.54, 1.807) is 5.48 Å². The van der Waals surface area contributed by atoms with Crippen LogP contribution in [0.5, 0.6) is 0 Å². The van der Waals surface area contributed by atoms with E-state index in [0.717, 1.165) is 48.9 Å². The van der Waals surface area contributed by atoms with Crippen LogP contribution in [0.1, 0.15) is 60.3 Å². The average Bonchev–Trinajstić information content (AvgIpc) is 3.51. The molecule has 7 heteroatoms. The molecule has 2 aliphatic heterocycles. The van der Waals surface area contributed by atoms with Gasteiger partial charge in [0.1, 0.15) is 0 Å². The van der Waals surface area contributed by atoms with Gasteiger partial charge in [-0.15, -0.1) is 0 Å². The van der Waals surface area contributed by atoms with Gasteiger partial charge in [0.15, 0.2) is 0 Å². The van der Waals surface area contributed by atoms with Gasteiger partial charge in [0.2, 0.25) is 11.8 Å². The van der Waals surface area contributed by atoms with Crippen molar-refractivity contribution in [2.75, 3.05) is 19.6 Å². The molecule has 0 bridgehead atoms. The lowest BCUT2D eigenvalue weighted by Gasteiger charge is -2.40. The molecule has 2 unspecified atom stereocenters. The number of hydroxylamine groups is 1. The highest BCUT2D eigenvalue weighted by Crippen LogP contribution is 2.52. The quantitative estimate of drug-likeness (QED) is 0.523. The molecule has 2 heterocycles. The number of benzene rings is 1. The van der Waals surface area contributed by atoms with E-state index in [1.807, 2.05) is 18.7 Å². The number of rotatable bonds is 3. The fraction of sp³-hybridized carbons (Fsp3) is 0.609. The highest BCUT2D eigenvalue weighted by molar-refractivity contribution is 5.90. The van der Waals surface area contributed by atoms with Gasteiger partial charge in [0.05, 0.1) is 23.6 Å². The Morgan fingerprint density at radius 1 is 1.23 bits per heavy atom. The summed E-state index contributed by atoms with van der Waals surface area (Å²) in [6.45, 7) is 6.01.